The molecule has 1 aliphatic carbocycles. The van der Waals surface area contributed by atoms with Crippen LogP contribution in [0.2, 0.25) is 0 Å². The van der Waals surface area contributed by atoms with Gasteiger partial charge in [0.2, 0.25) is 0 Å². The third-order valence-corrected chi connectivity index (χ3v) is 4.11. The minimum absolute atomic E-state index is 0.314. The minimum atomic E-state index is -0.314. The molecule has 1 fully saturated rings. The molecule has 3 rings (SSSR count). The number of nitrogen functional groups attached to an aromatic ring is 1. The number of nitrogens with zero attached hydrogens (tertiary/aromatic N) is 1. The molecule has 1 aliphatic rings. The average molecular weight is 309 g/mol. The summed E-state index contributed by atoms with van der Waals surface area (Å²) < 4.78 is 14.6. The van der Waals surface area contributed by atoms with Crippen LogP contribution in [-0.2, 0) is 0 Å². The highest BCUT2D eigenvalue weighted by molar-refractivity contribution is 9.10. The van der Waals surface area contributed by atoms with Crippen LogP contribution in [0.4, 0.5) is 10.1 Å². The third kappa shape index (κ3) is 1.99. The van der Waals surface area contributed by atoms with Crippen LogP contribution >= 0.6 is 15.9 Å². The fourth-order valence-electron chi connectivity index (χ4n) is 2.73. The Morgan fingerprint density at radius 2 is 1.94 bits per heavy atom. The fourth-order valence-corrected chi connectivity index (χ4v) is 3.16. The largest absolute Gasteiger partial charge is 0.398 e. The van der Waals surface area contributed by atoms with E-state index in [1.807, 2.05) is 12.1 Å². The van der Waals surface area contributed by atoms with Crippen molar-refractivity contribution in [2.24, 2.45) is 0 Å². The van der Waals surface area contributed by atoms with Gasteiger partial charge in [-0.2, -0.15) is 0 Å². The Bertz CT molecular complexity index is 606. The summed E-state index contributed by atoms with van der Waals surface area (Å²) in [7, 11) is 0. The predicted octanol–water partition coefficient (Wildman–Crippen LogP) is 4.38. The summed E-state index contributed by atoms with van der Waals surface area (Å²) in [6, 6.07) is 5.16. The van der Waals surface area contributed by atoms with E-state index < -0.39 is 0 Å². The van der Waals surface area contributed by atoms with Crippen LogP contribution in [0.1, 0.15) is 37.3 Å². The zero-order valence-corrected chi connectivity index (χ0v) is 11.5. The van der Waals surface area contributed by atoms with Gasteiger partial charge in [-0.15, -0.1) is 0 Å². The van der Waals surface area contributed by atoms with Crippen LogP contribution in [0.5, 0.6) is 0 Å². The van der Waals surface area contributed by atoms with Crippen molar-refractivity contribution >= 4 is 32.5 Å². The number of anilines is 1. The molecular weight excluding hydrogens is 295 g/mol. The number of rotatable bonds is 1. The lowest BCUT2D eigenvalue weighted by molar-refractivity contribution is 0.633. The molecule has 2 aromatic rings. The van der Waals surface area contributed by atoms with Gasteiger partial charge in [0.15, 0.2) is 5.82 Å². The number of benzene rings is 1. The third-order valence-electron chi connectivity index (χ3n) is 3.66. The van der Waals surface area contributed by atoms with Crippen molar-refractivity contribution in [1.82, 2.24) is 4.98 Å². The van der Waals surface area contributed by atoms with Gasteiger partial charge < -0.3 is 5.73 Å². The van der Waals surface area contributed by atoms with E-state index in [1.165, 1.54) is 18.9 Å². The zero-order chi connectivity index (χ0) is 12.7. The first-order valence-corrected chi connectivity index (χ1v) is 6.99. The van der Waals surface area contributed by atoms with E-state index in [0.29, 0.717) is 27.0 Å². The minimum Gasteiger partial charge on any atom is -0.398 e. The molecule has 0 amide bonds. The summed E-state index contributed by atoms with van der Waals surface area (Å²) >= 11 is 3.28. The summed E-state index contributed by atoms with van der Waals surface area (Å²) in [5, 5.41) is 0.684. The van der Waals surface area contributed by atoms with E-state index in [-0.39, 0.29) is 5.82 Å². The number of hydrogen-bond acceptors (Lipinski definition) is 2. The Morgan fingerprint density at radius 3 is 2.67 bits per heavy atom. The van der Waals surface area contributed by atoms with Crippen molar-refractivity contribution in [3.05, 3.63) is 34.2 Å². The number of halogens is 2. The molecule has 0 spiro atoms. The maximum atomic E-state index is 13.9. The van der Waals surface area contributed by atoms with Crippen LogP contribution in [0, 0.1) is 5.82 Å². The van der Waals surface area contributed by atoms with Gasteiger partial charge in [0.25, 0.3) is 0 Å². The molecule has 1 saturated carbocycles. The maximum Gasteiger partial charge on any atom is 0.150 e. The second kappa shape index (κ2) is 4.50. The molecule has 2 N–H and O–H groups in total. The van der Waals surface area contributed by atoms with Gasteiger partial charge in [-0.05, 0) is 31.0 Å². The number of pyridine rings is 1. The van der Waals surface area contributed by atoms with Crippen LogP contribution < -0.4 is 5.73 Å². The van der Waals surface area contributed by atoms with Crippen molar-refractivity contribution in [2.45, 2.75) is 31.6 Å². The number of aromatic nitrogens is 1. The number of fused-ring (bicyclic) bond motifs is 1. The molecule has 18 heavy (non-hydrogen) atoms. The molecule has 0 atom stereocenters. The van der Waals surface area contributed by atoms with Crippen molar-refractivity contribution < 1.29 is 4.39 Å². The topological polar surface area (TPSA) is 38.9 Å². The summed E-state index contributed by atoms with van der Waals surface area (Å²) in [6.07, 6.45) is 4.73. The van der Waals surface area contributed by atoms with Crippen LogP contribution in [0.25, 0.3) is 10.9 Å². The van der Waals surface area contributed by atoms with Gasteiger partial charge >= 0.3 is 0 Å². The van der Waals surface area contributed by atoms with E-state index in [4.69, 9.17) is 5.73 Å². The monoisotopic (exact) mass is 308 g/mol. The highest BCUT2D eigenvalue weighted by atomic mass is 79.9. The van der Waals surface area contributed by atoms with E-state index in [2.05, 4.69) is 20.9 Å². The normalized spacial score (nSPS) is 16.6. The number of nitrogens with two attached hydrogens (primary N) is 1. The summed E-state index contributed by atoms with van der Waals surface area (Å²) in [6.45, 7) is 0. The van der Waals surface area contributed by atoms with Gasteiger partial charge in [0, 0.05) is 27.2 Å². The molecule has 4 heteroatoms. The van der Waals surface area contributed by atoms with Gasteiger partial charge in [0.1, 0.15) is 5.52 Å². The SMILES string of the molecule is Nc1cc(C2CCCC2)nc2c(F)cc(Br)cc12. The van der Waals surface area contributed by atoms with Crippen LogP contribution in [0.3, 0.4) is 0 Å². The van der Waals surface area contributed by atoms with E-state index in [1.54, 1.807) is 0 Å². The molecule has 2 nitrogen and oxygen atoms in total. The lowest BCUT2D eigenvalue weighted by Crippen LogP contribution is -2.01. The van der Waals surface area contributed by atoms with Gasteiger partial charge in [-0.1, -0.05) is 28.8 Å². The Labute approximate surface area is 114 Å². The fraction of sp³-hybridized carbons (Fsp3) is 0.357. The Balaban J connectivity index is 2.20. The highest BCUT2D eigenvalue weighted by Gasteiger charge is 2.20. The van der Waals surface area contributed by atoms with Gasteiger partial charge in [0.05, 0.1) is 0 Å². The first-order valence-electron chi connectivity index (χ1n) is 6.20. The second-order valence-electron chi connectivity index (χ2n) is 4.90. The van der Waals surface area contributed by atoms with Gasteiger partial charge in [-0.25, -0.2) is 9.37 Å². The van der Waals surface area contributed by atoms with Crippen molar-refractivity contribution in [3.63, 3.8) is 0 Å². The van der Waals surface area contributed by atoms with Crippen LogP contribution in [-0.4, -0.2) is 4.98 Å². The molecule has 0 bridgehead atoms. The molecule has 0 aliphatic heterocycles. The molecule has 0 radical (unpaired) electrons. The number of hydrogen-bond donors (Lipinski definition) is 1. The molecule has 1 aromatic carbocycles. The molecule has 1 aromatic heterocycles. The van der Waals surface area contributed by atoms with Crippen molar-refractivity contribution in [3.8, 4) is 0 Å². The summed E-state index contributed by atoms with van der Waals surface area (Å²) in [5.74, 6) is 0.130. The lowest BCUT2D eigenvalue weighted by Gasteiger charge is -2.12. The maximum absolute atomic E-state index is 13.9. The van der Waals surface area contributed by atoms with E-state index >= 15 is 0 Å². The predicted molar refractivity (Wildman–Crippen MR) is 75.0 cm³/mol. The smallest absolute Gasteiger partial charge is 0.150 e. The Morgan fingerprint density at radius 1 is 1.22 bits per heavy atom. The molecule has 0 unspecified atom stereocenters. The molecule has 0 saturated heterocycles. The van der Waals surface area contributed by atoms with E-state index in [0.717, 1.165) is 18.5 Å². The average Bonchev–Trinajstić information content (AvgIpc) is 2.83. The Hall–Kier alpha value is -1.16. The second-order valence-corrected chi connectivity index (χ2v) is 5.82. The van der Waals surface area contributed by atoms with Crippen molar-refractivity contribution in [1.29, 1.82) is 0 Å². The standard InChI is InChI=1S/C14H14BrFN2/c15-9-5-10-12(17)7-13(8-3-1-2-4-8)18-14(10)11(16)6-9/h5-8H,1-4H2,(H2,17,18). The quantitative estimate of drug-likeness (QED) is 0.849. The molecular formula is C14H14BrFN2. The summed E-state index contributed by atoms with van der Waals surface area (Å²) in [5.41, 5.74) is 7.98. The molecule has 94 valence electrons. The summed E-state index contributed by atoms with van der Waals surface area (Å²) in [4.78, 5) is 4.48. The lowest BCUT2D eigenvalue weighted by atomic mass is 10.0. The molecule has 1 heterocycles. The Kier molecular flexibility index (Phi) is 2.98. The van der Waals surface area contributed by atoms with Gasteiger partial charge in [-0.3, -0.25) is 0 Å². The highest BCUT2D eigenvalue weighted by Crippen LogP contribution is 2.36. The first-order chi connectivity index (χ1) is 8.65. The first kappa shape index (κ1) is 11.9. The van der Waals surface area contributed by atoms with Crippen molar-refractivity contribution in [2.75, 3.05) is 5.73 Å². The van der Waals surface area contributed by atoms with E-state index in [9.17, 15) is 4.39 Å². The van der Waals surface area contributed by atoms with Crippen LogP contribution in [0.15, 0.2) is 22.7 Å². The zero-order valence-electron chi connectivity index (χ0n) is 9.92.